The summed E-state index contributed by atoms with van der Waals surface area (Å²) >= 11 is 0. The molecule has 0 aliphatic carbocycles. The van der Waals surface area contributed by atoms with Gasteiger partial charge in [0, 0.05) is 11.1 Å². The smallest absolute Gasteiger partial charge is 0.262 e. The Hall–Kier alpha value is -1.41. The molecule has 1 aromatic carbocycles. The largest absolute Gasteiger partial charge is 0.415 e. The maximum atomic E-state index is 2.58. The SMILES string of the molecule is CC(C)(C)N1BC=CC=C1.CC(C)(C)N1BCCCC1.Cc1ccccc1. The van der Waals surface area contributed by atoms with E-state index >= 15 is 0 Å². The molecule has 0 atom stereocenters. The summed E-state index contributed by atoms with van der Waals surface area (Å²) in [6.07, 6.45) is 10.5. The van der Waals surface area contributed by atoms with E-state index in [0.717, 1.165) is 7.41 Å². The van der Waals surface area contributed by atoms with Crippen molar-refractivity contribution in [3.8, 4) is 0 Å². The molecule has 0 unspecified atom stereocenters. The molecule has 0 saturated carbocycles. The Morgan fingerprint density at radius 1 is 0.852 bits per heavy atom. The summed E-state index contributed by atoms with van der Waals surface area (Å²) < 4.78 is 0. The van der Waals surface area contributed by atoms with Gasteiger partial charge in [0.1, 0.15) is 0 Å². The van der Waals surface area contributed by atoms with Crippen molar-refractivity contribution >= 4 is 14.8 Å². The summed E-state index contributed by atoms with van der Waals surface area (Å²) in [5.74, 6) is 2.17. The number of nitrogens with zero attached hydrogens (tertiary/aromatic N) is 2. The molecule has 148 valence electrons. The maximum absolute atomic E-state index is 2.58. The van der Waals surface area contributed by atoms with Crippen LogP contribution < -0.4 is 0 Å². The van der Waals surface area contributed by atoms with Crippen molar-refractivity contribution in [1.82, 2.24) is 9.62 Å². The highest BCUT2D eigenvalue weighted by molar-refractivity contribution is 6.39. The van der Waals surface area contributed by atoms with Crippen molar-refractivity contribution in [2.75, 3.05) is 6.54 Å². The molecule has 0 amide bonds. The molecule has 2 aliphatic rings. The summed E-state index contributed by atoms with van der Waals surface area (Å²) in [5, 5.41) is 0. The van der Waals surface area contributed by atoms with Crippen molar-refractivity contribution < 1.29 is 0 Å². The van der Waals surface area contributed by atoms with Gasteiger partial charge in [-0.25, -0.2) is 0 Å². The second-order valence-electron chi connectivity index (χ2n) is 9.47. The zero-order chi connectivity index (χ0) is 20.3. The minimum atomic E-state index is 0.265. The Kier molecular flexibility index (Phi) is 10.0. The van der Waals surface area contributed by atoms with E-state index in [2.05, 4.69) is 94.5 Å². The van der Waals surface area contributed by atoms with Crippen LogP contribution in [-0.2, 0) is 0 Å². The zero-order valence-corrected chi connectivity index (χ0v) is 18.8. The Bertz CT molecular complexity index is 562. The van der Waals surface area contributed by atoms with Gasteiger partial charge in [-0.2, -0.15) is 0 Å². The molecule has 3 rings (SSSR count). The first-order valence-corrected chi connectivity index (χ1v) is 10.5. The minimum absolute atomic E-state index is 0.265. The van der Waals surface area contributed by atoms with Gasteiger partial charge in [0.05, 0.1) is 0 Å². The lowest BCUT2D eigenvalue weighted by Crippen LogP contribution is -2.46. The predicted octanol–water partition coefficient (Wildman–Crippen LogP) is 5.12. The summed E-state index contributed by atoms with van der Waals surface area (Å²) in [5.41, 5.74) is 1.99. The summed E-state index contributed by atoms with van der Waals surface area (Å²) in [6.45, 7) is 17.0. The molecule has 0 radical (unpaired) electrons. The second-order valence-corrected chi connectivity index (χ2v) is 9.47. The molecular formula is C23H40B2N2. The fourth-order valence-electron chi connectivity index (χ4n) is 3.06. The van der Waals surface area contributed by atoms with Crippen LogP contribution in [0.4, 0.5) is 0 Å². The fraction of sp³-hybridized carbons (Fsp3) is 0.565. The molecule has 0 spiro atoms. The van der Waals surface area contributed by atoms with E-state index in [1.54, 1.807) is 0 Å². The van der Waals surface area contributed by atoms with Gasteiger partial charge in [-0.3, -0.25) is 0 Å². The van der Waals surface area contributed by atoms with E-state index in [4.69, 9.17) is 0 Å². The van der Waals surface area contributed by atoms with Gasteiger partial charge in [-0.05, 0) is 73.7 Å². The first-order chi connectivity index (χ1) is 12.6. The lowest BCUT2D eigenvalue weighted by Gasteiger charge is -2.38. The Morgan fingerprint density at radius 2 is 1.52 bits per heavy atom. The van der Waals surface area contributed by atoms with E-state index in [1.165, 1.54) is 38.7 Å². The van der Waals surface area contributed by atoms with Crippen molar-refractivity contribution in [1.29, 1.82) is 0 Å². The van der Waals surface area contributed by atoms with E-state index in [9.17, 15) is 0 Å². The maximum Gasteiger partial charge on any atom is 0.262 e. The van der Waals surface area contributed by atoms with Crippen LogP contribution in [0.25, 0.3) is 0 Å². The molecule has 2 nitrogen and oxygen atoms in total. The summed E-state index contributed by atoms with van der Waals surface area (Å²) in [7, 11) is 2.35. The van der Waals surface area contributed by atoms with Gasteiger partial charge in [0.15, 0.2) is 0 Å². The zero-order valence-electron chi connectivity index (χ0n) is 18.8. The molecule has 27 heavy (non-hydrogen) atoms. The molecule has 2 heterocycles. The fourth-order valence-corrected chi connectivity index (χ4v) is 3.06. The van der Waals surface area contributed by atoms with Crippen LogP contribution in [0.2, 0.25) is 6.32 Å². The van der Waals surface area contributed by atoms with Crippen LogP contribution >= 0.6 is 0 Å². The average molecular weight is 366 g/mol. The van der Waals surface area contributed by atoms with Crippen LogP contribution in [0.1, 0.15) is 59.9 Å². The van der Waals surface area contributed by atoms with Crippen molar-refractivity contribution in [2.24, 2.45) is 0 Å². The van der Waals surface area contributed by atoms with Gasteiger partial charge in [-0.15, -0.1) is 0 Å². The molecule has 0 bridgehead atoms. The average Bonchev–Trinajstić information content (AvgIpc) is 2.64. The first kappa shape index (κ1) is 23.6. The van der Waals surface area contributed by atoms with Crippen LogP contribution in [0.3, 0.4) is 0 Å². The third kappa shape index (κ3) is 10.5. The normalized spacial score (nSPS) is 16.9. The van der Waals surface area contributed by atoms with E-state index in [-0.39, 0.29) is 5.54 Å². The van der Waals surface area contributed by atoms with E-state index in [1.807, 2.05) is 18.2 Å². The molecule has 0 aromatic heterocycles. The highest BCUT2D eigenvalue weighted by Gasteiger charge is 2.22. The topological polar surface area (TPSA) is 6.48 Å². The highest BCUT2D eigenvalue weighted by atomic mass is 15.1. The quantitative estimate of drug-likeness (QED) is 0.588. The predicted molar refractivity (Wildman–Crippen MR) is 126 cm³/mol. The van der Waals surface area contributed by atoms with Crippen molar-refractivity contribution in [3.05, 3.63) is 60.2 Å². The van der Waals surface area contributed by atoms with Gasteiger partial charge in [-0.1, -0.05) is 60.7 Å². The molecule has 1 saturated heterocycles. The molecule has 2 aliphatic heterocycles. The molecular weight excluding hydrogens is 326 g/mol. The number of aryl methyl sites for hydroxylation is 1. The van der Waals surface area contributed by atoms with Crippen LogP contribution in [0, 0.1) is 6.92 Å². The highest BCUT2D eigenvalue weighted by Crippen LogP contribution is 2.18. The monoisotopic (exact) mass is 366 g/mol. The van der Waals surface area contributed by atoms with Crippen molar-refractivity contribution in [2.45, 2.75) is 78.7 Å². The van der Waals surface area contributed by atoms with Crippen LogP contribution in [-0.4, -0.2) is 42.1 Å². The summed E-state index contributed by atoms with van der Waals surface area (Å²) in [4.78, 5) is 4.89. The van der Waals surface area contributed by atoms with Gasteiger partial charge in [0.25, 0.3) is 7.41 Å². The lowest BCUT2D eigenvalue weighted by atomic mass is 9.76. The van der Waals surface area contributed by atoms with Crippen LogP contribution in [0.15, 0.2) is 54.7 Å². The minimum Gasteiger partial charge on any atom is -0.415 e. The number of allylic oxidation sites excluding steroid dienone is 2. The number of hydrogen-bond donors (Lipinski definition) is 0. The molecule has 0 N–H and O–H groups in total. The van der Waals surface area contributed by atoms with Gasteiger partial charge in [0.2, 0.25) is 7.41 Å². The van der Waals surface area contributed by atoms with E-state index < -0.39 is 0 Å². The van der Waals surface area contributed by atoms with Crippen molar-refractivity contribution in [3.63, 3.8) is 0 Å². The van der Waals surface area contributed by atoms with Gasteiger partial charge < -0.3 is 9.62 Å². The Balaban J connectivity index is 0.000000206. The first-order valence-electron chi connectivity index (χ1n) is 10.5. The lowest BCUT2D eigenvalue weighted by molar-refractivity contribution is 0.240. The van der Waals surface area contributed by atoms with Crippen LogP contribution in [0.5, 0.6) is 0 Å². The molecule has 1 fully saturated rings. The summed E-state index contributed by atoms with van der Waals surface area (Å²) in [6, 6.07) is 10.3. The number of rotatable bonds is 0. The Labute approximate surface area is 170 Å². The molecule has 4 heteroatoms. The number of hydrogen-bond acceptors (Lipinski definition) is 2. The van der Waals surface area contributed by atoms with E-state index in [0.29, 0.717) is 5.54 Å². The molecule has 1 aromatic rings. The number of benzene rings is 1. The Morgan fingerprint density at radius 3 is 1.81 bits per heavy atom. The standard InChI is InChI=1S/C8H18BN.C8H14BN.C7H8/c2*1-8(2,3)10-7-5-4-6-9-10;1-7-5-3-2-4-6-7/h9H,4-7H2,1-3H3;4-7,9H,1-3H3;2-6H,1H3. The second kappa shape index (κ2) is 11.4. The van der Waals surface area contributed by atoms with Gasteiger partial charge >= 0.3 is 0 Å². The third-order valence-electron chi connectivity index (χ3n) is 4.92. The third-order valence-corrected chi connectivity index (χ3v) is 4.92.